The maximum Gasteiger partial charge on any atom is 0.220 e. The first-order valence-corrected chi connectivity index (χ1v) is 28.0. The van der Waals surface area contributed by atoms with E-state index in [0.717, 1.165) is 38.5 Å². The van der Waals surface area contributed by atoms with Crippen LogP contribution in [-0.2, 0) is 4.79 Å². The minimum atomic E-state index is -1.15. The standard InChI is InChI=1S/C56H111NO4/c1-3-5-7-9-11-13-15-17-18-19-20-21-22-23-24-25-26-27-28-29-30-31-32-33-34-35-36-37-38-39-41-43-45-47-49-51-55(60)57-53(52-58)56(61)54(59)50-48-46-44-42-40-16-14-12-10-8-6-4-2/h42,44,53-54,56,58-59,61H,3-41,43,45-52H2,1-2H3,(H,57,60)/b44-42+. The highest BCUT2D eigenvalue weighted by Gasteiger charge is 2.26. The zero-order chi connectivity index (χ0) is 44.4. The molecule has 0 aromatic heterocycles. The van der Waals surface area contributed by atoms with Crippen LogP contribution >= 0.6 is 0 Å². The molecule has 0 saturated carbocycles. The minimum Gasteiger partial charge on any atom is -0.394 e. The normalized spacial score (nSPS) is 13.3. The molecule has 0 aromatic rings. The SMILES string of the molecule is CCCCCCCCC/C=C/CCCC(O)C(O)C(CO)NC(=O)CCCCCCCCCCCCCCCCCCCCCCCCCCCCCCCCCCCCC. The van der Waals surface area contributed by atoms with Crippen molar-refractivity contribution in [2.75, 3.05) is 6.61 Å². The summed E-state index contributed by atoms with van der Waals surface area (Å²) in [6, 6.07) is -0.821. The number of carbonyl (C=O) groups is 1. The molecule has 0 aliphatic carbocycles. The van der Waals surface area contributed by atoms with Gasteiger partial charge in [-0.05, 0) is 38.5 Å². The summed E-state index contributed by atoms with van der Waals surface area (Å²) in [7, 11) is 0. The van der Waals surface area contributed by atoms with Crippen LogP contribution in [0.5, 0.6) is 0 Å². The Hall–Kier alpha value is -0.910. The van der Waals surface area contributed by atoms with E-state index >= 15 is 0 Å². The van der Waals surface area contributed by atoms with Gasteiger partial charge in [0, 0.05) is 6.42 Å². The van der Waals surface area contributed by atoms with Crippen molar-refractivity contribution in [3.8, 4) is 0 Å². The van der Waals surface area contributed by atoms with Crippen LogP contribution in [0.2, 0.25) is 0 Å². The Morgan fingerprint density at radius 3 is 0.951 bits per heavy atom. The lowest BCUT2D eigenvalue weighted by Gasteiger charge is -2.26. The summed E-state index contributed by atoms with van der Waals surface area (Å²) in [5, 5.41) is 33.5. The average Bonchev–Trinajstić information content (AvgIpc) is 3.26. The maximum absolute atomic E-state index is 12.5. The topological polar surface area (TPSA) is 89.8 Å². The van der Waals surface area contributed by atoms with E-state index < -0.39 is 18.2 Å². The molecule has 5 heteroatoms. The van der Waals surface area contributed by atoms with Crippen LogP contribution in [0.1, 0.15) is 316 Å². The number of aliphatic hydroxyl groups is 3. The van der Waals surface area contributed by atoms with Gasteiger partial charge in [0.1, 0.15) is 6.10 Å². The smallest absolute Gasteiger partial charge is 0.220 e. The molecule has 0 spiro atoms. The highest BCUT2D eigenvalue weighted by Crippen LogP contribution is 2.18. The molecule has 0 aliphatic heterocycles. The number of nitrogens with one attached hydrogen (secondary N) is 1. The number of aliphatic hydroxyl groups excluding tert-OH is 3. The van der Waals surface area contributed by atoms with E-state index in [-0.39, 0.29) is 12.5 Å². The third kappa shape index (κ3) is 46.9. The molecule has 0 aromatic carbocycles. The van der Waals surface area contributed by atoms with Gasteiger partial charge in [-0.15, -0.1) is 0 Å². The van der Waals surface area contributed by atoms with Gasteiger partial charge < -0.3 is 20.6 Å². The van der Waals surface area contributed by atoms with E-state index in [9.17, 15) is 20.1 Å². The van der Waals surface area contributed by atoms with Gasteiger partial charge in [-0.1, -0.05) is 283 Å². The molecule has 3 atom stereocenters. The Balaban J connectivity index is 3.41. The van der Waals surface area contributed by atoms with Gasteiger partial charge in [0.15, 0.2) is 0 Å². The van der Waals surface area contributed by atoms with Crippen molar-refractivity contribution in [2.45, 2.75) is 334 Å². The van der Waals surface area contributed by atoms with Crippen LogP contribution < -0.4 is 5.32 Å². The Labute approximate surface area is 382 Å². The number of allylic oxidation sites excluding steroid dienone is 2. The summed E-state index contributed by atoms with van der Waals surface area (Å²) >= 11 is 0. The Kier molecular flexibility index (Phi) is 51.0. The van der Waals surface area contributed by atoms with Gasteiger partial charge in [0.25, 0.3) is 0 Å². The van der Waals surface area contributed by atoms with E-state index in [2.05, 4.69) is 31.3 Å². The summed E-state index contributed by atoms with van der Waals surface area (Å²) in [6.45, 7) is 4.18. The number of hydrogen-bond acceptors (Lipinski definition) is 4. The second-order valence-corrected chi connectivity index (χ2v) is 19.5. The van der Waals surface area contributed by atoms with Gasteiger partial charge >= 0.3 is 0 Å². The van der Waals surface area contributed by atoms with E-state index in [0.29, 0.717) is 12.8 Å². The van der Waals surface area contributed by atoms with Crippen LogP contribution in [0.3, 0.4) is 0 Å². The number of amides is 1. The molecule has 0 saturated heterocycles. The molecule has 364 valence electrons. The number of unbranched alkanes of at least 4 members (excludes halogenated alkanes) is 42. The monoisotopic (exact) mass is 862 g/mol. The van der Waals surface area contributed by atoms with Crippen LogP contribution in [-0.4, -0.2) is 46.1 Å². The molecule has 1 amide bonds. The molecule has 3 unspecified atom stereocenters. The number of rotatable bonds is 52. The fourth-order valence-electron chi connectivity index (χ4n) is 9.05. The van der Waals surface area contributed by atoms with E-state index in [1.54, 1.807) is 0 Å². The first-order valence-electron chi connectivity index (χ1n) is 28.0. The highest BCUT2D eigenvalue weighted by atomic mass is 16.3. The van der Waals surface area contributed by atoms with Crippen molar-refractivity contribution in [3.05, 3.63) is 12.2 Å². The molecule has 0 aliphatic rings. The van der Waals surface area contributed by atoms with Gasteiger partial charge in [-0.3, -0.25) is 4.79 Å². The summed E-state index contributed by atoms with van der Waals surface area (Å²) in [6.07, 6.45) is 63.9. The Morgan fingerprint density at radius 2 is 0.656 bits per heavy atom. The van der Waals surface area contributed by atoms with Crippen molar-refractivity contribution < 1.29 is 20.1 Å². The lowest BCUT2D eigenvalue weighted by atomic mass is 10.0. The molecular formula is C56H111NO4. The second-order valence-electron chi connectivity index (χ2n) is 19.5. The summed E-state index contributed by atoms with van der Waals surface area (Å²) < 4.78 is 0. The molecular weight excluding hydrogens is 751 g/mol. The van der Waals surface area contributed by atoms with Crippen LogP contribution in [0.4, 0.5) is 0 Å². The van der Waals surface area contributed by atoms with Crippen molar-refractivity contribution in [1.82, 2.24) is 5.32 Å². The molecule has 4 N–H and O–H groups in total. The van der Waals surface area contributed by atoms with Gasteiger partial charge in [0.05, 0.1) is 18.8 Å². The third-order valence-electron chi connectivity index (χ3n) is 13.4. The quantitative estimate of drug-likeness (QED) is 0.0362. The fourth-order valence-corrected chi connectivity index (χ4v) is 9.05. The molecule has 0 heterocycles. The predicted octanol–water partition coefficient (Wildman–Crippen LogP) is 17.1. The molecule has 5 nitrogen and oxygen atoms in total. The first kappa shape index (κ1) is 60.1. The van der Waals surface area contributed by atoms with E-state index in [1.807, 2.05) is 0 Å². The van der Waals surface area contributed by atoms with Crippen molar-refractivity contribution in [1.29, 1.82) is 0 Å². The van der Waals surface area contributed by atoms with Crippen LogP contribution in [0.15, 0.2) is 12.2 Å². The van der Waals surface area contributed by atoms with Crippen molar-refractivity contribution >= 4 is 5.91 Å². The lowest BCUT2D eigenvalue weighted by Crippen LogP contribution is -2.50. The maximum atomic E-state index is 12.5. The van der Waals surface area contributed by atoms with Gasteiger partial charge in [0.2, 0.25) is 5.91 Å². The van der Waals surface area contributed by atoms with Crippen LogP contribution in [0.25, 0.3) is 0 Å². The van der Waals surface area contributed by atoms with Gasteiger partial charge in [-0.2, -0.15) is 0 Å². The van der Waals surface area contributed by atoms with E-state index in [4.69, 9.17) is 0 Å². The van der Waals surface area contributed by atoms with Crippen molar-refractivity contribution in [3.63, 3.8) is 0 Å². The zero-order valence-electron chi connectivity index (χ0n) is 41.6. The van der Waals surface area contributed by atoms with Gasteiger partial charge in [-0.25, -0.2) is 0 Å². The van der Waals surface area contributed by atoms with Crippen molar-refractivity contribution in [2.24, 2.45) is 0 Å². The van der Waals surface area contributed by atoms with Crippen LogP contribution in [0, 0.1) is 0 Å². The molecule has 0 bridgehead atoms. The summed E-state index contributed by atoms with van der Waals surface area (Å²) in [4.78, 5) is 12.5. The lowest BCUT2D eigenvalue weighted by molar-refractivity contribution is -0.124. The number of carbonyl (C=O) groups excluding carboxylic acids is 1. The first-order chi connectivity index (χ1) is 30.1. The summed E-state index contributed by atoms with van der Waals surface area (Å²) in [5.41, 5.74) is 0. The third-order valence-corrected chi connectivity index (χ3v) is 13.4. The average molecular weight is 863 g/mol. The van der Waals surface area contributed by atoms with E-state index in [1.165, 1.54) is 250 Å². The molecule has 0 fully saturated rings. The predicted molar refractivity (Wildman–Crippen MR) is 269 cm³/mol. The molecule has 0 rings (SSSR count). The Bertz CT molecular complexity index is 864. The largest absolute Gasteiger partial charge is 0.394 e. The summed E-state index contributed by atoms with van der Waals surface area (Å²) in [5.74, 6) is -0.148. The minimum absolute atomic E-state index is 0.148. The Morgan fingerprint density at radius 1 is 0.393 bits per heavy atom. The highest BCUT2D eigenvalue weighted by molar-refractivity contribution is 5.76. The molecule has 61 heavy (non-hydrogen) atoms. The molecule has 0 radical (unpaired) electrons. The fraction of sp³-hybridized carbons (Fsp3) is 0.946. The number of hydrogen-bond donors (Lipinski definition) is 4. The second kappa shape index (κ2) is 51.7. The zero-order valence-corrected chi connectivity index (χ0v) is 41.6.